The molecule has 0 radical (unpaired) electrons. The van der Waals surface area contributed by atoms with Crippen molar-refractivity contribution in [3.63, 3.8) is 0 Å². The summed E-state index contributed by atoms with van der Waals surface area (Å²) in [5.41, 5.74) is -0.704. The first kappa shape index (κ1) is 20.4. The lowest BCUT2D eigenvalue weighted by Gasteiger charge is -2.37. The molecule has 0 spiro atoms. The minimum Gasteiger partial charge on any atom is -0.444 e. The summed E-state index contributed by atoms with van der Waals surface area (Å²) in [5, 5.41) is 9.12. The summed E-state index contributed by atoms with van der Waals surface area (Å²) in [5.74, 6) is -0.666. The van der Waals surface area contributed by atoms with E-state index in [-0.39, 0.29) is 29.6 Å². The fourth-order valence-corrected chi connectivity index (χ4v) is 4.49. The van der Waals surface area contributed by atoms with Gasteiger partial charge in [-0.05, 0) is 39.0 Å². The number of hydrogen-bond donors (Lipinski definition) is 0. The van der Waals surface area contributed by atoms with Crippen LogP contribution in [0, 0.1) is 17.1 Å². The lowest BCUT2D eigenvalue weighted by Crippen LogP contribution is -2.56. The van der Waals surface area contributed by atoms with Gasteiger partial charge >= 0.3 is 6.09 Å². The Hall–Kier alpha value is -1.89. The standard InChI is InChI=1S/C16H19ClFN3O4S/c1-16(2,3)25-15(22)20-6-7-21(12(9-19)10-20)26(23,24)14-5-4-11(18)8-13(14)17/h4-5,8,12H,6-7,10H2,1-3H3/t12-/m1/s1. The molecule has 1 amide bonds. The zero-order valence-corrected chi connectivity index (χ0v) is 16.1. The molecular formula is C16H19ClFN3O4S. The molecule has 0 aliphatic carbocycles. The second kappa shape index (κ2) is 7.39. The molecule has 0 N–H and O–H groups in total. The number of piperazine rings is 1. The molecule has 0 unspecified atom stereocenters. The highest BCUT2D eigenvalue weighted by Crippen LogP contribution is 2.28. The molecule has 0 bridgehead atoms. The van der Waals surface area contributed by atoms with Crippen molar-refractivity contribution in [2.24, 2.45) is 0 Å². The second-order valence-corrected chi connectivity index (χ2v) is 9.03. The Morgan fingerprint density at radius 3 is 2.58 bits per heavy atom. The maximum Gasteiger partial charge on any atom is 0.410 e. The van der Waals surface area contributed by atoms with Gasteiger partial charge < -0.3 is 9.64 Å². The largest absolute Gasteiger partial charge is 0.444 e. The molecule has 2 rings (SSSR count). The smallest absolute Gasteiger partial charge is 0.410 e. The van der Waals surface area contributed by atoms with Crippen LogP contribution >= 0.6 is 11.6 Å². The third-order valence-corrected chi connectivity index (χ3v) is 6.00. The van der Waals surface area contributed by atoms with E-state index in [1.165, 1.54) is 4.90 Å². The van der Waals surface area contributed by atoms with Crippen LogP contribution < -0.4 is 0 Å². The average molecular weight is 404 g/mol. The minimum atomic E-state index is -4.12. The highest BCUT2D eigenvalue weighted by atomic mass is 35.5. The maximum absolute atomic E-state index is 13.2. The molecule has 1 aliphatic heterocycles. The van der Waals surface area contributed by atoms with Crippen LogP contribution in [0.25, 0.3) is 0 Å². The van der Waals surface area contributed by atoms with Crippen molar-refractivity contribution < 1.29 is 22.3 Å². The summed E-state index contributed by atoms with van der Waals surface area (Å²) in [7, 11) is -4.12. The molecule has 0 saturated carbocycles. The lowest BCUT2D eigenvalue weighted by atomic mass is 10.2. The number of ether oxygens (including phenoxy) is 1. The Morgan fingerprint density at radius 1 is 1.38 bits per heavy atom. The molecule has 1 fully saturated rings. The third kappa shape index (κ3) is 4.44. The van der Waals surface area contributed by atoms with Gasteiger partial charge in [0.2, 0.25) is 10.0 Å². The first-order valence-corrected chi connectivity index (χ1v) is 9.62. The van der Waals surface area contributed by atoms with Gasteiger partial charge in [0.05, 0.1) is 17.6 Å². The van der Waals surface area contributed by atoms with E-state index in [0.717, 1.165) is 22.5 Å². The zero-order valence-electron chi connectivity index (χ0n) is 14.6. The van der Waals surface area contributed by atoms with Gasteiger partial charge in [0.25, 0.3) is 0 Å². The van der Waals surface area contributed by atoms with Gasteiger partial charge in [-0.3, -0.25) is 0 Å². The summed E-state index contributed by atoms with van der Waals surface area (Å²) >= 11 is 5.86. The predicted octanol–water partition coefficient (Wildman–Crippen LogP) is 2.61. The van der Waals surface area contributed by atoms with Crippen molar-refractivity contribution in [1.29, 1.82) is 5.26 Å². The Kier molecular flexibility index (Phi) is 5.80. The summed E-state index contributed by atoms with van der Waals surface area (Å²) < 4.78 is 45.1. The number of hydrogen-bond acceptors (Lipinski definition) is 5. The fraction of sp³-hybridized carbons (Fsp3) is 0.500. The molecule has 142 valence electrons. The lowest BCUT2D eigenvalue weighted by molar-refractivity contribution is 0.0162. The van der Waals surface area contributed by atoms with Crippen LogP contribution in [0.2, 0.25) is 5.02 Å². The molecule has 1 aromatic carbocycles. The number of amides is 1. The second-order valence-electron chi connectivity index (χ2n) is 6.76. The van der Waals surface area contributed by atoms with Crippen molar-refractivity contribution in [1.82, 2.24) is 9.21 Å². The van der Waals surface area contributed by atoms with Crippen LogP contribution in [0.3, 0.4) is 0 Å². The number of nitrogens with zero attached hydrogens (tertiary/aromatic N) is 3. The summed E-state index contributed by atoms with van der Waals surface area (Å²) in [6, 6.07) is 3.72. The Morgan fingerprint density at radius 2 is 2.04 bits per heavy atom. The molecular weight excluding hydrogens is 385 g/mol. The number of rotatable bonds is 2. The van der Waals surface area contributed by atoms with E-state index in [4.69, 9.17) is 16.3 Å². The molecule has 7 nitrogen and oxygen atoms in total. The number of halogens is 2. The number of benzene rings is 1. The Balaban J connectivity index is 2.24. The summed E-state index contributed by atoms with van der Waals surface area (Å²) in [6.45, 7) is 4.96. The van der Waals surface area contributed by atoms with Crippen molar-refractivity contribution in [3.05, 3.63) is 29.0 Å². The van der Waals surface area contributed by atoms with Crippen LogP contribution in [-0.4, -0.2) is 55.0 Å². The van der Waals surface area contributed by atoms with Gasteiger partial charge in [0, 0.05) is 13.1 Å². The topological polar surface area (TPSA) is 90.7 Å². The van der Waals surface area contributed by atoms with E-state index in [0.29, 0.717) is 0 Å². The van der Waals surface area contributed by atoms with Crippen LogP contribution in [0.15, 0.2) is 23.1 Å². The highest BCUT2D eigenvalue weighted by molar-refractivity contribution is 7.89. The predicted molar refractivity (Wildman–Crippen MR) is 92.5 cm³/mol. The Bertz CT molecular complexity index is 848. The molecule has 1 heterocycles. The van der Waals surface area contributed by atoms with Crippen LogP contribution in [0.4, 0.5) is 9.18 Å². The number of carbonyl (C=O) groups excluding carboxylic acids is 1. The molecule has 1 atom stereocenters. The van der Waals surface area contributed by atoms with E-state index < -0.39 is 33.6 Å². The Labute approximate surface area is 156 Å². The van der Waals surface area contributed by atoms with Crippen molar-refractivity contribution in [3.8, 4) is 6.07 Å². The first-order valence-electron chi connectivity index (χ1n) is 7.80. The summed E-state index contributed by atoms with van der Waals surface area (Å²) in [4.78, 5) is 13.2. The number of carbonyl (C=O) groups is 1. The normalized spacial score (nSPS) is 19.1. The molecule has 1 aliphatic rings. The van der Waals surface area contributed by atoms with Crippen molar-refractivity contribution in [2.75, 3.05) is 19.6 Å². The fourth-order valence-electron chi connectivity index (χ4n) is 2.46. The van der Waals surface area contributed by atoms with E-state index >= 15 is 0 Å². The SMILES string of the molecule is CC(C)(C)OC(=O)N1CCN(S(=O)(=O)c2ccc(F)cc2Cl)[C@H](C#N)C1. The van der Waals surface area contributed by atoms with Crippen LogP contribution in [0.1, 0.15) is 20.8 Å². The van der Waals surface area contributed by atoms with Gasteiger partial charge in [-0.1, -0.05) is 11.6 Å². The van der Waals surface area contributed by atoms with Crippen LogP contribution in [-0.2, 0) is 14.8 Å². The van der Waals surface area contributed by atoms with Gasteiger partial charge in [0.15, 0.2) is 0 Å². The van der Waals surface area contributed by atoms with Gasteiger partial charge in [-0.2, -0.15) is 9.57 Å². The third-order valence-electron chi connectivity index (χ3n) is 3.61. The first-order chi connectivity index (χ1) is 12.0. The van der Waals surface area contributed by atoms with E-state index in [1.807, 2.05) is 6.07 Å². The number of sulfonamides is 1. The molecule has 26 heavy (non-hydrogen) atoms. The van der Waals surface area contributed by atoms with Gasteiger partial charge in [-0.25, -0.2) is 17.6 Å². The zero-order chi connectivity index (χ0) is 19.7. The average Bonchev–Trinajstić information content (AvgIpc) is 2.52. The summed E-state index contributed by atoms with van der Waals surface area (Å²) in [6.07, 6.45) is -0.616. The van der Waals surface area contributed by atoms with E-state index in [9.17, 15) is 22.9 Å². The van der Waals surface area contributed by atoms with Crippen molar-refractivity contribution >= 4 is 27.7 Å². The minimum absolute atomic E-state index is 0.0607. The molecule has 0 aromatic heterocycles. The van der Waals surface area contributed by atoms with Crippen molar-refractivity contribution in [2.45, 2.75) is 37.3 Å². The maximum atomic E-state index is 13.2. The molecule has 10 heteroatoms. The number of nitriles is 1. The van der Waals surface area contributed by atoms with E-state index in [2.05, 4.69) is 0 Å². The van der Waals surface area contributed by atoms with E-state index in [1.54, 1.807) is 20.8 Å². The highest BCUT2D eigenvalue weighted by Gasteiger charge is 2.39. The molecule has 1 aromatic rings. The van der Waals surface area contributed by atoms with Gasteiger partial charge in [-0.15, -0.1) is 0 Å². The monoisotopic (exact) mass is 403 g/mol. The molecule has 1 saturated heterocycles. The van der Waals surface area contributed by atoms with Gasteiger partial charge in [0.1, 0.15) is 22.4 Å². The quantitative estimate of drug-likeness (QED) is 0.757. The van der Waals surface area contributed by atoms with Crippen LogP contribution in [0.5, 0.6) is 0 Å².